The zero-order valence-corrected chi connectivity index (χ0v) is 9.37. The number of hydrogen-bond donors (Lipinski definition) is 1. The summed E-state index contributed by atoms with van der Waals surface area (Å²) in [6, 6.07) is 4.21. The lowest BCUT2D eigenvalue weighted by Gasteiger charge is -2.08. The second-order valence-corrected chi connectivity index (χ2v) is 4.03. The lowest BCUT2D eigenvalue weighted by atomic mass is 10.1. The Labute approximate surface area is 93.6 Å². The Balaban J connectivity index is 2.73. The second-order valence-electron chi connectivity index (χ2n) is 4.03. The van der Waals surface area contributed by atoms with Gasteiger partial charge in [0, 0.05) is 18.2 Å². The van der Waals surface area contributed by atoms with Gasteiger partial charge < -0.3 is 5.32 Å². The van der Waals surface area contributed by atoms with E-state index in [2.05, 4.69) is 5.32 Å². The molecule has 88 valence electrons. The van der Waals surface area contributed by atoms with E-state index in [1.165, 1.54) is 12.1 Å². The highest BCUT2D eigenvalue weighted by molar-refractivity contribution is 5.36. The van der Waals surface area contributed by atoms with E-state index in [0.717, 1.165) is 6.54 Å². The molecule has 1 aromatic rings. The molecule has 0 aromatic heterocycles. The Bertz CT molecular complexity index is 380. The Morgan fingerprint density at radius 3 is 2.75 bits per heavy atom. The van der Waals surface area contributed by atoms with Gasteiger partial charge in [-0.05, 0) is 12.5 Å². The number of benzene rings is 1. The highest BCUT2D eigenvalue weighted by Gasteiger charge is 2.16. The summed E-state index contributed by atoms with van der Waals surface area (Å²) in [7, 11) is 0. The van der Waals surface area contributed by atoms with Gasteiger partial charge in [-0.15, -0.1) is 0 Å². The first kappa shape index (κ1) is 12.6. The van der Waals surface area contributed by atoms with Crippen LogP contribution in [0.15, 0.2) is 18.2 Å². The first-order valence-electron chi connectivity index (χ1n) is 5.15. The van der Waals surface area contributed by atoms with Gasteiger partial charge in [0.1, 0.15) is 0 Å². The van der Waals surface area contributed by atoms with Crippen molar-refractivity contribution >= 4 is 5.69 Å². The van der Waals surface area contributed by atoms with Gasteiger partial charge in [-0.3, -0.25) is 10.1 Å². The molecule has 0 fully saturated rings. The minimum Gasteiger partial charge on any atom is -0.312 e. The summed E-state index contributed by atoms with van der Waals surface area (Å²) >= 11 is 0. The van der Waals surface area contributed by atoms with Gasteiger partial charge in [0.2, 0.25) is 5.82 Å². The van der Waals surface area contributed by atoms with Crippen molar-refractivity contribution in [1.29, 1.82) is 0 Å². The summed E-state index contributed by atoms with van der Waals surface area (Å²) in [5.74, 6) is -0.287. The first-order valence-corrected chi connectivity index (χ1v) is 5.15. The lowest BCUT2D eigenvalue weighted by Crippen LogP contribution is -2.19. The first-order chi connectivity index (χ1) is 7.52. The van der Waals surface area contributed by atoms with Crippen molar-refractivity contribution in [2.45, 2.75) is 20.4 Å². The fraction of sp³-hybridized carbons (Fsp3) is 0.455. The minimum atomic E-state index is -0.747. The quantitative estimate of drug-likeness (QED) is 0.619. The molecule has 0 aliphatic rings. The van der Waals surface area contributed by atoms with Crippen LogP contribution in [0.3, 0.4) is 0 Å². The Hall–Kier alpha value is -1.49. The van der Waals surface area contributed by atoms with Gasteiger partial charge in [-0.25, -0.2) is 0 Å². The van der Waals surface area contributed by atoms with Crippen molar-refractivity contribution in [1.82, 2.24) is 5.32 Å². The Morgan fingerprint density at radius 1 is 1.50 bits per heavy atom. The predicted molar refractivity (Wildman–Crippen MR) is 59.6 cm³/mol. The SMILES string of the molecule is CC(C)CNCc1cccc([N+](=O)[O-])c1F. The standard InChI is InChI=1S/C11H15FN2O2/c1-8(2)6-13-7-9-4-3-5-10(11(9)12)14(15)16/h3-5,8,13H,6-7H2,1-2H3. The van der Waals surface area contributed by atoms with Crippen LogP contribution in [0.1, 0.15) is 19.4 Å². The summed E-state index contributed by atoms with van der Waals surface area (Å²) in [5, 5.41) is 13.5. The van der Waals surface area contributed by atoms with Crippen LogP contribution in [0.4, 0.5) is 10.1 Å². The fourth-order valence-electron chi connectivity index (χ4n) is 1.34. The van der Waals surface area contributed by atoms with E-state index in [-0.39, 0.29) is 0 Å². The van der Waals surface area contributed by atoms with E-state index >= 15 is 0 Å². The van der Waals surface area contributed by atoms with Crippen LogP contribution in [-0.4, -0.2) is 11.5 Å². The molecule has 0 radical (unpaired) electrons. The van der Waals surface area contributed by atoms with Crippen molar-refractivity contribution in [3.05, 3.63) is 39.7 Å². The van der Waals surface area contributed by atoms with Gasteiger partial charge in [-0.1, -0.05) is 26.0 Å². The number of nitrogens with zero attached hydrogens (tertiary/aromatic N) is 1. The summed E-state index contributed by atoms with van der Waals surface area (Å²) in [6.45, 7) is 5.14. The molecule has 0 aliphatic carbocycles. The zero-order valence-electron chi connectivity index (χ0n) is 9.37. The summed E-state index contributed by atoms with van der Waals surface area (Å²) in [5.41, 5.74) is -0.140. The molecule has 0 spiro atoms. The monoisotopic (exact) mass is 226 g/mol. The van der Waals surface area contributed by atoms with Gasteiger partial charge in [-0.2, -0.15) is 4.39 Å². The van der Waals surface area contributed by atoms with Crippen LogP contribution in [-0.2, 0) is 6.54 Å². The van der Waals surface area contributed by atoms with Crippen LogP contribution >= 0.6 is 0 Å². The largest absolute Gasteiger partial charge is 0.312 e. The van der Waals surface area contributed by atoms with E-state index in [1.807, 2.05) is 13.8 Å². The van der Waals surface area contributed by atoms with E-state index in [4.69, 9.17) is 0 Å². The number of nitro benzene ring substituents is 1. The third-order valence-corrected chi connectivity index (χ3v) is 2.12. The molecule has 1 rings (SSSR count). The molecule has 4 nitrogen and oxygen atoms in total. The second kappa shape index (κ2) is 5.55. The number of rotatable bonds is 5. The number of hydrogen-bond acceptors (Lipinski definition) is 3. The molecule has 0 bridgehead atoms. The average Bonchev–Trinajstić information content (AvgIpc) is 2.19. The lowest BCUT2D eigenvalue weighted by molar-refractivity contribution is -0.387. The van der Waals surface area contributed by atoms with E-state index in [9.17, 15) is 14.5 Å². The molecule has 0 aliphatic heterocycles. The zero-order chi connectivity index (χ0) is 12.1. The van der Waals surface area contributed by atoms with Crippen LogP contribution in [0.2, 0.25) is 0 Å². The van der Waals surface area contributed by atoms with Gasteiger partial charge in [0.15, 0.2) is 0 Å². The molecule has 5 heteroatoms. The van der Waals surface area contributed by atoms with Crippen molar-refractivity contribution < 1.29 is 9.31 Å². The fourth-order valence-corrected chi connectivity index (χ4v) is 1.34. The number of halogens is 1. The topological polar surface area (TPSA) is 55.2 Å². The molecule has 16 heavy (non-hydrogen) atoms. The van der Waals surface area contributed by atoms with Crippen LogP contribution in [0.5, 0.6) is 0 Å². The highest BCUT2D eigenvalue weighted by atomic mass is 19.1. The normalized spacial score (nSPS) is 10.8. The molecule has 0 unspecified atom stereocenters. The predicted octanol–water partition coefficient (Wildman–Crippen LogP) is 2.48. The minimum absolute atomic E-state index is 0.311. The van der Waals surface area contributed by atoms with E-state index in [0.29, 0.717) is 18.0 Å². The smallest absolute Gasteiger partial charge is 0.305 e. The van der Waals surface area contributed by atoms with Gasteiger partial charge in [0.05, 0.1) is 4.92 Å². The van der Waals surface area contributed by atoms with Crippen molar-refractivity contribution in [3.63, 3.8) is 0 Å². The molecule has 0 atom stereocenters. The Kier molecular flexibility index (Phi) is 4.37. The molecule has 0 heterocycles. The van der Waals surface area contributed by atoms with Crippen molar-refractivity contribution in [2.24, 2.45) is 5.92 Å². The van der Waals surface area contributed by atoms with E-state index < -0.39 is 16.4 Å². The van der Waals surface area contributed by atoms with Crippen LogP contribution in [0.25, 0.3) is 0 Å². The third kappa shape index (κ3) is 3.27. The maximum atomic E-state index is 13.6. The molecule has 0 saturated heterocycles. The van der Waals surface area contributed by atoms with Crippen molar-refractivity contribution in [3.8, 4) is 0 Å². The molecular formula is C11H15FN2O2. The summed E-state index contributed by atoms with van der Waals surface area (Å²) in [6.07, 6.45) is 0. The van der Waals surface area contributed by atoms with Gasteiger partial charge >= 0.3 is 5.69 Å². The van der Waals surface area contributed by atoms with Gasteiger partial charge in [0.25, 0.3) is 0 Å². The molecule has 1 N–H and O–H groups in total. The molecule has 0 saturated carbocycles. The summed E-state index contributed by atoms with van der Waals surface area (Å²) < 4.78 is 13.6. The third-order valence-electron chi connectivity index (χ3n) is 2.12. The maximum absolute atomic E-state index is 13.6. The average molecular weight is 226 g/mol. The van der Waals surface area contributed by atoms with Crippen molar-refractivity contribution in [2.75, 3.05) is 6.54 Å². The molecule has 0 amide bonds. The number of nitrogens with one attached hydrogen (secondary N) is 1. The Morgan fingerprint density at radius 2 is 2.19 bits per heavy atom. The van der Waals surface area contributed by atoms with Crippen LogP contribution in [0, 0.1) is 21.8 Å². The summed E-state index contributed by atoms with van der Waals surface area (Å²) in [4.78, 5) is 9.79. The van der Waals surface area contributed by atoms with Crippen LogP contribution < -0.4 is 5.32 Å². The highest BCUT2D eigenvalue weighted by Crippen LogP contribution is 2.19. The maximum Gasteiger partial charge on any atom is 0.305 e. The van der Waals surface area contributed by atoms with E-state index in [1.54, 1.807) is 6.07 Å². The molecular weight excluding hydrogens is 211 g/mol. The molecule has 1 aromatic carbocycles. The number of nitro groups is 1.